The molecule has 4 aromatic rings. The summed E-state index contributed by atoms with van der Waals surface area (Å²) in [6.45, 7) is 0. The molecule has 0 aliphatic carbocycles. The van der Waals surface area contributed by atoms with Crippen LogP contribution in [0.25, 0.3) is 11.3 Å². The molecule has 0 saturated heterocycles. The highest BCUT2D eigenvalue weighted by Gasteiger charge is 2.33. The van der Waals surface area contributed by atoms with E-state index in [-0.39, 0.29) is 28.9 Å². The molecular weight excluding hydrogens is 424 g/mol. The SMILES string of the molecule is COc1cc(OC)nc(C(O)c2onc(-c3ccccc3)c2C(=O)N(C)c2ccccc2)n1. The van der Waals surface area contributed by atoms with Crippen molar-refractivity contribution in [2.24, 2.45) is 0 Å². The Morgan fingerprint density at radius 2 is 1.55 bits per heavy atom. The van der Waals surface area contributed by atoms with Gasteiger partial charge in [-0.05, 0) is 12.1 Å². The average Bonchev–Trinajstić information content (AvgIpc) is 3.33. The number of anilines is 1. The van der Waals surface area contributed by atoms with Crippen molar-refractivity contribution in [2.75, 3.05) is 26.2 Å². The van der Waals surface area contributed by atoms with Gasteiger partial charge in [0.25, 0.3) is 5.91 Å². The van der Waals surface area contributed by atoms with Crippen molar-refractivity contribution in [3.63, 3.8) is 0 Å². The smallest absolute Gasteiger partial charge is 0.264 e. The van der Waals surface area contributed by atoms with E-state index in [0.29, 0.717) is 16.9 Å². The fraction of sp³-hybridized carbons (Fsp3) is 0.167. The number of methoxy groups -OCH3 is 2. The van der Waals surface area contributed by atoms with E-state index in [4.69, 9.17) is 14.0 Å². The summed E-state index contributed by atoms with van der Waals surface area (Å²) in [5, 5.41) is 15.2. The van der Waals surface area contributed by atoms with Crippen LogP contribution in [0.3, 0.4) is 0 Å². The number of aliphatic hydroxyl groups is 1. The highest BCUT2D eigenvalue weighted by Crippen LogP contribution is 2.34. The molecule has 0 spiro atoms. The predicted molar refractivity (Wildman–Crippen MR) is 120 cm³/mol. The summed E-state index contributed by atoms with van der Waals surface area (Å²) < 4.78 is 15.8. The first-order valence-corrected chi connectivity index (χ1v) is 10.1. The molecule has 2 aromatic carbocycles. The number of ether oxygens (including phenoxy) is 2. The lowest BCUT2D eigenvalue weighted by Crippen LogP contribution is -2.27. The van der Waals surface area contributed by atoms with Crippen LogP contribution in [0.4, 0.5) is 5.69 Å². The predicted octanol–water partition coefficient (Wildman–Crippen LogP) is 3.51. The molecule has 0 aliphatic rings. The lowest BCUT2D eigenvalue weighted by Gasteiger charge is -2.18. The van der Waals surface area contributed by atoms with Gasteiger partial charge < -0.3 is 24.0 Å². The molecule has 0 aliphatic heterocycles. The molecule has 2 heterocycles. The molecule has 9 nitrogen and oxygen atoms in total. The molecule has 9 heteroatoms. The minimum atomic E-state index is -1.50. The molecule has 0 saturated carbocycles. The van der Waals surface area contributed by atoms with Crippen molar-refractivity contribution in [1.29, 1.82) is 0 Å². The Labute approximate surface area is 190 Å². The van der Waals surface area contributed by atoms with E-state index in [1.807, 2.05) is 36.4 Å². The Kier molecular flexibility index (Phi) is 6.32. The van der Waals surface area contributed by atoms with E-state index in [1.54, 1.807) is 31.3 Å². The number of nitrogens with zero attached hydrogens (tertiary/aromatic N) is 4. The molecule has 1 unspecified atom stereocenters. The van der Waals surface area contributed by atoms with Crippen LogP contribution in [0.1, 0.15) is 28.0 Å². The zero-order chi connectivity index (χ0) is 23.4. The molecule has 33 heavy (non-hydrogen) atoms. The van der Waals surface area contributed by atoms with E-state index in [0.717, 1.165) is 0 Å². The maximum atomic E-state index is 13.6. The van der Waals surface area contributed by atoms with Crippen molar-refractivity contribution >= 4 is 11.6 Å². The molecule has 0 radical (unpaired) electrons. The fourth-order valence-electron chi connectivity index (χ4n) is 3.30. The van der Waals surface area contributed by atoms with Gasteiger partial charge in [-0.3, -0.25) is 4.79 Å². The lowest BCUT2D eigenvalue weighted by atomic mass is 10.0. The molecule has 4 rings (SSSR count). The van der Waals surface area contributed by atoms with Gasteiger partial charge in [0.15, 0.2) is 17.7 Å². The van der Waals surface area contributed by atoms with E-state index in [9.17, 15) is 9.90 Å². The molecule has 0 fully saturated rings. The number of carbonyl (C=O) groups excluding carboxylic acids is 1. The summed E-state index contributed by atoms with van der Waals surface area (Å²) in [5.41, 5.74) is 1.73. The number of aromatic nitrogens is 3. The second-order valence-corrected chi connectivity index (χ2v) is 7.05. The largest absolute Gasteiger partial charge is 0.481 e. The zero-order valence-corrected chi connectivity index (χ0v) is 18.3. The van der Waals surface area contributed by atoms with Crippen molar-refractivity contribution in [3.8, 4) is 23.0 Å². The van der Waals surface area contributed by atoms with Crippen LogP contribution in [-0.4, -0.2) is 47.4 Å². The van der Waals surface area contributed by atoms with Gasteiger partial charge in [0.05, 0.1) is 20.3 Å². The summed E-state index contributed by atoms with van der Waals surface area (Å²) in [7, 11) is 4.51. The van der Waals surface area contributed by atoms with Crippen LogP contribution in [0.15, 0.2) is 71.3 Å². The second kappa shape index (κ2) is 9.49. The number of amides is 1. The first-order chi connectivity index (χ1) is 16.0. The molecule has 1 amide bonds. The highest BCUT2D eigenvalue weighted by molar-refractivity contribution is 6.10. The van der Waals surface area contributed by atoms with Crippen molar-refractivity contribution in [3.05, 3.63) is 83.9 Å². The van der Waals surface area contributed by atoms with Gasteiger partial charge in [-0.1, -0.05) is 53.7 Å². The van der Waals surface area contributed by atoms with E-state index >= 15 is 0 Å². The molecular formula is C24H22N4O5. The topological polar surface area (TPSA) is 111 Å². The fourth-order valence-corrected chi connectivity index (χ4v) is 3.30. The second-order valence-electron chi connectivity index (χ2n) is 7.05. The Balaban J connectivity index is 1.84. The minimum Gasteiger partial charge on any atom is -0.481 e. The van der Waals surface area contributed by atoms with Crippen LogP contribution in [0.2, 0.25) is 0 Å². The molecule has 0 bridgehead atoms. The third-order valence-corrected chi connectivity index (χ3v) is 5.04. The van der Waals surface area contributed by atoms with Gasteiger partial charge in [0, 0.05) is 18.3 Å². The van der Waals surface area contributed by atoms with Gasteiger partial charge in [-0.25, -0.2) is 0 Å². The Morgan fingerprint density at radius 1 is 0.970 bits per heavy atom. The molecule has 1 N–H and O–H groups in total. The maximum Gasteiger partial charge on any atom is 0.264 e. The third-order valence-electron chi connectivity index (χ3n) is 5.04. The summed E-state index contributed by atoms with van der Waals surface area (Å²) in [5.74, 6) is -0.179. The number of hydrogen-bond donors (Lipinski definition) is 1. The molecule has 168 valence electrons. The first-order valence-electron chi connectivity index (χ1n) is 10.1. The van der Waals surface area contributed by atoms with Gasteiger partial charge in [0.2, 0.25) is 11.8 Å². The van der Waals surface area contributed by atoms with Crippen LogP contribution in [-0.2, 0) is 0 Å². The van der Waals surface area contributed by atoms with Gasteiger partial charge in [-0.2, -0.15) is 9.97 Å². The monoisotopic (exact) mass is 446 g/mol. The van der Waals surface area contributed by atoms with E-state index < -0.39 is 12.0 Å². The van der Waals surface area contributed by atoms with Crippen LogP contribution in [0.5, 0.6) is 11.8 Å². The third kappa shape index (κ3) is 4.39. The van der Waals surface area contributed by atoms with Gasteiger partial charge >= 0.3 is 0 Å². The number of para-hydroxylation sites is 1. The number of rotatable bonds is 7. The normalized spacial score (nSPS) is 11.6. The summed E-state index contributed by atoms with van der Waals surface area (Å²) in [6.07, 6.45) is -1.50. The van der Waals surface area contributed by atoms with E-state index in [2.05, 4.69) is 15.1 Å². The molecule has 2 aromatic heterocycles. The Hall–Kier alpha value is -4.24. The Morgan fingerprint density at radius 3 is 2.12 bits per heavy atom. The van der Waals surface area contributed by atoms with Gasteiger partial charge in [0.1, 0.15) is 11.3 Å². The maximum absolute atomic E-state index is 13.6. The number of hydrogen-bond acceptors (Lipinski definition) is 8. The molecule has 1 atom stereocenters. The van der Waals surface area contributed by atoms with E-state index in [1.165, 1.54) is 25.2 Å². The quantitative estimate of drug-likeness (QED) is 0.459. The zero-order valence-electron chi connectivity index (χ0n) is 18.3. The number of aliphatic hydroxyl groups excluding tert-OH is 1. The lowest BCUT2D eigenvalue weighted by molar-refractivity contribution is 0.0982. The van der Waals surface area contributed by atoms with Crippen molar-refractivity contribution in [1.82, 2.24) is 15.1 Å². The summed E-state index contributed by atoms with van der Waals surface area (Å²) in [6, 6.07) is 19.7. The summed E-state index contributed by atoms with van der Waals surface area (Å²) in [4.78, 5) is 23.5. The van der Waals surface area contributed by atoms with Crippen LogP contribution in [0, 0.1) is 0 Å². The van der Waals surface area contributed by atoms with Crippen LogP contribution >= 0.6 is 0 Å². The van der Waals surface area contributed by atoms with Crippen molar-refractivity contribution in [2.45, 2.75) is 6.10 Å². The number of benzene rings is 2. The summed E-state index contributed by atoms with van der Waals surface area (Å²) >= 11 is 0. The average molecular weight is 446 g/mol. The number of carbonyl (C=O) groups is 1. The Bertz CT molecular complexity index is 1220. The van der Waals surface area contributed by atoms with Crippen molar-refractivity contribution < 1.29 is 23.9 Å². The minimum absolute atomic E-state index is 0.0571. The van der Waals surface area contributed by atoms with Gasteiger partial charge in [-0.15, -0.1) is 0 Å². The van der Waals surface area contributed by atoms with Crippen LogP contribution < -0.4 is 14.4 Å². The first kappa shape index (κ1) is 22.0. The standard InChI is InChI=1S/C24H22N4O5/c1-28(16-12-8-5-9-13-16)24(30)19-20(15-10-6-4-7-11-15)27-33-22(19)21(29)23-25-17(31-2)14-18(26-23)32-3/h4-14,21,29H,1-3H3. The highest BCUT2D eigenvalue weighted by atomic mass is 16.5.